The van der Waals surface area contributed by atoms with E-state index in [2.05, 4.69) is 0 Å². The molecule has 1 N–H and O–H groups in total. The number of aliphatic carboxylic acids is 1. The van der Waals surface area contributed by atoms with Crippen LogP contribution in [-0.2, 0) is 14.4 Å². The van der Waals surface area contributed by atoms with Crippen molar-refractivity contribution in [3.8, 4) is 0 Å². The number of rotatable bonds is 4. The van der Waals surface area contributed by atoms with Crippen molar-refractivity contribution in [2.24, 2.45) is 17.8 Å². The molecule has 2 atom stereocenters. The molecule has 0 spiro atoms. The van der Waals surface area contributed by atoms with Gasteiger partial charge in [0.05, 0.1) is 11.8 Å². The van der Waals surface area contributed by atoms with Crippen molar-refractivity contribution in [3.05, 3.63) is 0 Å². The maximum Gasteiger partial charge on any atom is 0.308 e. The van der Waals surface area contributed by atoms with Gasteiger partial charge in [-0.15, -0.1) is 0 Å². The molecule has 2 rings (SSSR count). The van der Waals surface area contributed by atoms with Gasteiger partial charge in [0.15, 0.2) is 0 Å². The number of hydrogen-bond donors (Lipinski definition) is 1. The van der Waals surface area contributed by atoms with Crippen molar-refractivity contribution >= 4 is 17.8 Å². The standard InChI is InChI=1S/C14H22N2O4/c1-9(2)6-16-8-11(5-12(16)17)13(18)15-4-3-10(7-15)14(19)20/h9-11H,3-8H2,1-2H3,(H,19,20). The summed E-state index contributed by atoms with van der Waals surface area (Å²) >= 11 is 0. The predicted octanol–water partition coefficient (Wildman–Crippen LogP) is 0.424. The van der Waals surface area contributed by atoms with E-state index in [1.54, 1.807) is 9.80 Å². The van der Waals surface area contributed by atoms with Crippen molar-refractivity contribution in [3.63, 3.8) is 0 Å². The molecule has 6 nitrogen and oxygen atoms in total. The van der Waals surface area contributed by atoms with E-state index in [9.17, 15) is 14.4 Å². The Morgan fingerprint density at radius 2 is 2.00 bits per heavy atom. The van der Waals surface area contributed by atoms with E-state index in [-0.39, 0.29) is 30.7 Å². The summed E-state index contributed by atoms with van der Waals surface area (Å²) < 4.78 is 0. The zero-order valence-electron chi connectivity index (χ0n) is 12.0. The topological polar surface area (TPSA) is 77.9 Å². The lowest BCUT2D eigenvalue weighted by atomic mass is 10.1. The average Bonchev–Trinajstić information content (AvgIpc) is 2.96. The molecular weight excluding hydrogens is 260 g/mol. The number of carbonyl (C=O) groups excluding carboxylic acids is 2. The number of carboxylic acid groups (broad SMARTS) is 1. The van der Waals surface area contributed by atoms with Gasteiger partial charge >= 0.3 is 5.97 Å². The number of likely N-dealkylation sites (tertiary alicyclic amines) is 2. The van der Waals surface area contributed by atoms with Crippen LogP contribution in [0.5, 0.6) is 0 Å². The summed E-state index contributed by atoms with van der Waals surface area (Å²) in [5, 5.41) is 8.96. The number of amides is 2. The van der Waals surface area contributed by atoms with Crippen molar-refractivity contribution in [1.82, 2.24) is 9.80 Å². The summed E-state index contributed by atoms with van der Waals surface area (Å²) in [5.41, 5.74) is 0. The summed E-state index contributed by atoms with van der Waals surface area (Å²) in [4.78, 5) is 38.5. The fourth-order valence-electron chi connectivity index (χ4n) is 2.98. The molecule has 0 bridgehead atoms. The van der Waals surface area contributed by atoms with Gasteiger partial charge in [0, 0.05) is 32.6 Å². The predicted molar refractivity (Wildman–Crippen MR) is 71.8 cm³/mol. The minimum Gasteiger partial charge on any atom is -0.481 e. The first-order valence-corrected chi connectivity index (χ1v) is 7.17. The first-order chi connectivity index (χ1) is 9.38. The minimum atomic E-state index is -0.843. The van der Waals surface area contributed by atoms with E-state index in [4.69, 9.17) is 5.11 Å². The third-order valence-corrected chi connectivity index (χ3v) is 4.00. The van der Waals surface area contributed by atoms with E-state index in [1.165, 1.54) is 0 Å². The molecule has 6 heteroatoms. The zero-order valence-corrected chi connectivity index (χ0v) is 12.0. The molecule has 2 fully saturated rings. The second-order valence-electron chi connectivity index (χ2n) is 6.20. The highest BCUT2D eigenvalue weighted by molar-refractivity contribution is 5.89. The molecule has 2 aliphatic heterocycles. The molecule has 0 radical (unpaired) electrons. The Morgan fingerprint density at radius 1 is 1.30 bits per heavy atom. The van der Waals surface area contributed by atoms with Gasteiger partial charge in [-0.2, -0.15) is 0 Å². The van der Waals surface area contributed by atoms with E-state index in [0.29, 0.717) is 32.0 Å². The van der Waals surface area contributed by atoms with Crippen LogP contribution in [0.3, 0.4) is 0 Å². The molecule has 0 saturated carbocycles. The lowest BCUT2D eigenvalue weighted by molar-refractivity contribution is -0.141. The van der Waals surface area contributed by atoms with Crippen LogP contribution >= 0.6 is 0 Å². The van der Waals surface area contributed by atoms with Crippen LogP contribution in [0.25, 0.3) is 0 Å². The fourth-order valence-corrected chi connectivity index (χ4v) is 2.98. The zero-order chi connectivity index (χ0) is 14.9. The first-order valence-electron chi connectivity index (χ1n) is 7.17. The van der Waals surface area contributed by atoms with E-state index in [1.807, 2.05) is 13.8 Å². The maximum absolute atomic E-state index is 12.3. The average molecular weight is 282 g/mol. The molecular formula is C14H22N2O4. The Kier molecular flexibility index (Phi) is 4.30. The smallest absolute Gasteiger partial charge is 0.308 e. The number of carbonyl (C=O) groups is 3. The summed E-state index contributed by atoms with van der Waals surface area (Å²) in [6, 6.07) is 0. The van der Waals surface area contributed by atoms with Gasteiger partial charge in [-0.3, -0.25) is 14.4 Å². The van der Waals surface area contributed by atoms with Crippen LogP contribution in [0.15, 0.2) is 0 Å². The van der Waals surface area contributed by atoms with Gasteiger partial charge in [-0.05, 0) is 12.3 Å². The summed E-state index contributed by atoms with van der Waals surface area (Å²) in [6.07, 6.45) is 0.775. The highest BCUT2D eigenvalue weighted by Gasteiger charge is 2.39. The van der Waals surface area contributed by atoms with Gasteiger partial charge in [0.2, 0.25) is 11.8 Å². The van der Waals surface area contributed by atoms with Crippen LogP contribution in [-0.4, -0.2) is 58.9 Å². The highest BCUT2D eigenvalue weighted by Crippen LogP contribution is 2.24. The first kappa shape index (κ1) is 14.8. The molecule has 20 heavy (non-hydrogen) atoms. The van der Waals surface area contributed by atoms with Gasteiger partial charge in [0.25, 0.3) is 0 Å². The second-order valence-corrected chi connectivity index (χ2v) is 6.20. The fraction of sp³-hybridized carbons (Fsp3) is 0.786. The van der Waals surface area contributed by atoms with Crippen molar-refractivity contribution in [1.29, 1.82) is 0 Å². The van der Waals surface area contributed by atoms with Crippen LogP contribution in [0.1, 0.15) is 26.7 Å². The summed E-state index contributed by atoms with van der Waals surface area (Å²) in [7, 11) is 0. The lowest BCUT2D eigenvalue weighted by Gasteiger charge is -2.21. The monoisotopic (exact) mass is 282 g/mol. The van der Waals surface area contributed by atoms with Crippen molar-refractivity contribution in [2.45, 2.75) is 26.7 Å². The Hall–Kier alpha value is -1.59. The molecule has 0 aliphatic carbocycles. The highest BCUT2D eigenvalue weighted by atomic mass is 16.4. The molecule has 0 aromatic carbocycles. The molecule has 2 amide bonds. The minimum absolute atomic E-state index is 0.0334. The SMILES string of the molecule is CC(C)CN1CC(C(=O)N2CCC(C(=O)O)C2)CC1=O. The van der Waals surface area contributed by atoms with Gasteiger partial charge in [-0.25, -0.2) is 0 Å². The van der Waals surface area contributed by atoms with Crippen LogP contribution in [0.4, 0.5) is 0 Å². The lowest BCUT2D eigenvalue weighted by Crippen LogP contribution is -2.37. The Labute approximate surface area is 118 Å². The van der Waals surface area contributed by atoms with E-state index >= 15 is 0 Å². The van der Waals surface area contributed by atoms with Crippen LogP contribution < -0.4 is 0 Å². The van der Waals surface area contributed by atoms with E-state index in [0.717, 1.165) is 0 Å². The van der Waals surface area contributed by atoms with Gasteiger partial charge in [-0.1, -0.05) is 13.8 Å². The Morgan fingerprint density at radius 3 is 2.55 bits per heavy atom. The number of hydrogen-bond acceptors (Lipinski definition) is 3. The van der Waals surface area contributed by atoms with Gasteiger partial charge in [0.1, 0.15) is 0 Å². The number of carboxylic acids is 1. The maximum atomic E-state index is 12.3. The Bertz CT molecular complexity index is 421. The normalized spacial score (nSPS) is 26.6. The van der Waals surface area contributed by atoms with Crippen molar-refractivity contribution in [2.75, 3.05) is 26.2 Å². The summed E-state index contributed by atoms with van der Waals surface area (Å²) in [6.45, 7) is 6.01. The van der Waals surface area contributed by atoms with Gasteiger partial charge < -0.3 is 14.9 Å². The molecule has 2 heterocycles. The second kappa shape index (κ2) is 5.81. The molecule has 112 valence electrons. The molecule has 2 aliphatic rings. The third kappa shape index (κ3) is 3.11. The van der Waals surface area contributed by atoms with E-state index < -0.39 is 11.9 Å². The molecule has 2 unspecified atom stereocenters. The van der Waals surface area contributed by atoms with Crippen LogP contribution in [0, 0.1) is 17.8 Å². The Balaban J connectivity index is 1.91. The van der Waals surface area contributed by atoms with Crippen molar-refractivity contribution < 1.29 is 19.5 Å². The quantitative estimate of drug-likeness (QED) is 0.811. The summed E-state index contributed by atoms with van der Waals surface area (Å²) in [5.74, 6) is -1.24. The molecule has 0 aromatic heterocycles. The molecule has 0 aromatic rings. The van der Waals surface area contributed by atoms with Crippen LogP contribution in [0.2, 0.25) is 0 Å². The largest absolute Gasteiger partial charge is 0.481 e. The number of nitrogens with zero attached hydrogens (tertiary/aromatic N) is 2. The third-order valence-electron chi connectivity index (χ3n) is 4.00. The molecule has 2 saturated heterocycles.